The van der Waals surface area contributed by atoms with E-state index in [4.69, 9.17) is 5.73 Å². The van der Waals surface area contributed by atoms with E-state index in [9.17, 15) is 4.79 Å². The Kier molecular flexibility index (Phi) is 4.07. The zero-order valence-electron chi connectivity index (χ0n) is 10.1. The molecule has 2 aromatic rings. The Labute approximate surface area is 110 Å². The van der Waals surface area contributed by atoms with E-state index in [-0.39, 0.29) is 5.91 Å². The van der Waals surface area contributed by atoms with Crippen molar-refractivity contribution < 1.29 is 4.79 Å². The average Bonchev–Trinajstić information content (AvgIpc) is 2.83. The summed E-state index contributed by atoms with van der Waals surface area (Å²) in [6, 6.07) is 7.81. The van der Waals surface area contributed by atoms with Crippen molar-refractivity contribution in [3.63, 3.8) is 0 Å². The van der Waals surface area contributed by atoms with E-state index in [1.54, 1.807) is 5.38 Å². The zero-order valence-corrected chi connectivity index (χ0v) is 11.0. The van der Waals surface area contributed by atoms with Crippen LogP contribution in [0.15, 0.2) is 29.6 Å². The maximum absolute atomic E-state index is 11.8. The summed E-state index contributed by atoms with van der Waals surface area (Å²) < 4.78 is 0. The first kappa shape index (κ1) is 12.7. The van der Waals surface area contributed by atoms with E-state index in [0.29, 0.717) is 18.8 Å². The number of aryl methyl sites for hydroxylation is 1. The second-order valence-electron chi connectivity index (χ2n) is 3.91. The lowest BCUT2D eigenvalue weighted by atomic mass is 10.1. The van der Waals surface area contributed by atoms with Crippen LogP contribution in [0.25, 0.3) is 0 Å². The summed E-state index contributed by atoms with van der Waals surface area (Å²) in [6.07, 6.45) is 0. The summed E-state index contributed by atoms with van der Waals surface area (Å²) in [5.74, 6) is -0.147. The number of nitrogens with one attached hydrogen (secondary N) is 1. The van der Waals surface area contributed by atoms with Gasteiger partial charge in [-0.25, -0.2) is 4.98 Å². The summed E-state index contributed by atoms with van der Waals surface area (Å²) in [5.41, 5.74) is 8.21. The van der Waals surface area contributed by atoms with Crippen molar-refractivity contribution in [1.29, 1.82) is 0 Å². The predicted molar refractivity (Wildman–Crippen MR) is 72.4 cm³/mol. The minimum Gasteiger partial charge on any atom is -0.347 e. The number of carbonyl (C=O) groups is 1. The Bertz CT molecular complexity index is 551. The molecule has 0 aliphatic rings. The molecule has 0 saturated carbocycles. The lowest BCUT2D eigenvalue weighted by Gasteiger charge is -2.08. The number of carbonyl (C=O) groups excluding carboxylic acids is 1. The number of nitrogens with zero attached hydrogens (tertiary/aromatic N) is 1. The Morgan fingerprint density at radius 2 is 2.11 bits per heavy atom. The summed E-state index contributed by atoms with van der Waals surface area (Å²) in [5, 5.41) is 5.51. The van der Waals surface area contributed by atoms with Crippen molar-refractivity contribution in [3.8, 4) is 0 Å². The third kappa shape index (κ3) is 2.94. The number of amides is 1. The van der Waals surface area contributed by atoms with Crippen LogP contribution >= 0.6 is 11.3 Å². The van der Waals surface area contributed by atoms with Crippen LogP contribution in [0.2, 0.25) is 0 Å². The maximum atomic E-state index is 11.8. The number of benzene rings is 1. The van der Waals surface area contributed by atoms with Crippen LogP contribution in [-0.4, -0.2) is 10.9 Å². The molecular weight excluding hydrogens is 246 g/mol. The molecule has 18 heavy (non-hydrogen) atoms. The second kappa shape index (κ2) is 5.75. The highest BCUT2D eigenvalue weighted by Crippen LogP contribution is 2.10. The number of thiazole rings is 1. The second-order valence-corrected chi connectivity index (χ2v) is 4.97. The van der Waals surface area contributed by atoms with E-state index in [1.807, 2.05) is 31.2 Å². The average molecular weight is 261 g/mol. The van der Waals surface area contributed by atoms with Crippen LogP contribution in [0.5, 0.6) is 0 Å². The van der Waals surface area contributed by atoms with Crippen LogP contribution < -0.4 is 11.1 Å². The SMILES string of the molecule is Cc1nc(C(=O)NCc2ccccc2CN)cs1. The Morgan fingerprint density at radius 3 is 2.72 bits per heavy atom. The molecule has 0 fully saturated rings. The van der Waals surface area contributed by atoms with Gasteiger partial charge < -0.3 is 11.1 Å². The third-order valence-corrected chi connectivity index (χ3v) is 3.40. The van der Waals surface area contributed by atoms with Crippen molar-refractivity contribution in [3.05, 3.63) is 51.5 Å². The largest absolute Gasteiger partial charge is 0.347 e. The molecule has 3 N–H and O–H groups in total. The highest BCUT2D eigenvalue weighted by atomic mass is 32.1. The van der Waals surface area contributed by atoms with E-state index in [1.165, 1.54) is 11.3 Å². The van der Waals surface area contributed by atoms with Gasteiger partial charge in [-0.3, -0.25) is 4.79 Å². The fourth-order valence-electron chi connectivity index (χ4n) is 1.66. The third-order valence-electron chi connectivity index (χ3n) is 2.63. The number of nitrogens with two attached hydrogens (primary N) is 1. The topological polar surface area (TPSA) is 68.0 Å². The van der Waals surface area contributed by atoms with Gasteiger partial charge in [0.15, 0.2) is 0 Å². The smallest absolute Gasteiger partial charge is 0.271 e. The standard InChI is InChI=1S/C13H15N3OS/c1-9-16-12(8-18-9)13(17)15-7-11-5-3-2-4-10(11)6-14/h2-5,8H,6-7,14H2,1H3,(H,15,17). The van der Waals surface area contributed by atoms with Crippen LogP contribution in [0.3, 0.4) is 0 Å². The summed E-state index contributed by atoms with van der Waals surface area (Å²) >= 11 is 1.47. The van der Waals surface area contributed by atoms with Crippen molar-refractivity contribution in [2.24, 2.45) is 5.73 Å². The van der Waals surface area contributed by atoms with Crippen molar-refractivity contribution in [2.75, 3.05) is 0 Å². The minimum absolute atomic E-state index is 0.147. The molecule has 0 aliphatic carbocycles. The molecule has 1 aromatic heterocycles. The Hall–Kier alpha value is -1.72. The lowest BCUT2D eigenvalue weighted by molar-refractivity contribution is 0.0946. The van der Waals surface area contributed by atoms with Gasteiger partial charge in [0.2, 0.25) is 0 Å². The molecule has 1 heterocycles. The number of aromatic nitrogens is 1. The normalized spacial score (nSPS) is 10.3. The van der Waals surface area contributed by atoms with Crippen LogP contribution in [-0.2, 0) is 13.1 Å². The van der Waals surface area contributed by atoms with Crippen molar-refractivity contribution >= 4 is 17.2 Å². The molecule has 0 radical (unpaired) electrons. The molecule has 5 heteroatoms. The van der Waals surface area contributed by atoms with Gasteiger partial charge in [0.05, 0.1) is 5.01 Å². The Balaban J connectivity index is 2.01. The molecule has 0 unspecified atom stereocenters. The van der Waals surface area contributed by atoms with Crippen LogP contribution in [0.4, 0.5) is 0 Å². The maximum Gasteiger partial charge on any atom is 0.271 e. The molecule has 94 valence electrons. The van der Waals surface area contributed by atoms with E-state index < -0.39 is 0 Å². The molecule has 1 aromatic carbocycles. The van der Waals surface area contributed by atoms with Gasteiger partial charge in [0, 0.05) is 18.5 Å². The van der Waals surface area contributed by atoms with Crippen molar-refractivity contribution in [2.45, 2.75) is 20.0 Å². The van der Waals surface area contributed by atoms with Gasteiger partial charge >= 0.3 is 0 Å². The molecule has 0 spiro atoms. The zero-order chi connectivity index (χ0) is 13.0. The van der Waals surface area contributed by atoms with Crippen molar-refractivity contribution in [1.82, 2.24) is 10.3 Å². The predicted octanol–water partition coefficient (Wildman–Crippen LogP) is 1.84. The molecule has 2 rings (SSSR count). The molecule has 0 saturated heterocycles. The van der Waals surface area contributed by atoms with Crippen LogP contribution in [0, 0.1) is 6.92 Å². The minimum atomic E-state index is -0.147. The first-order valence-corrected chi connectivity index (χ1v) is 6.56. The summed E-state index contributed by atoms with van der Waals surface area (Å²) in [7, 11) is 0. The fraction of sp³-hybridized carbons (Fsp3) is 0.231. The number of hydrogen-bond donors (Lipinski definition) is 2. The number of hydrogen-bond acceptors (Lipinski definition) is 4. The van der Waals surface area contributed by atoms with Gasteiger partial charge in [-0.1, -0.05) is 24.3 Å². The molecule has 0 aliphatic heterocycles. The molecule has 4 nitrogen and oxygen atoms in total. The highest BCUT2D eigenvalue weighted by molar-refractivity contribution is 7.09. The quantitative estimate of drug-likeness (QED) is 0.882. The first-order valence-electron chi connectivity index (χ1n) is 5.68. The molecule has 0 atom stereocenters. The van der Waals surface area contributed by atoms with E-state index in [0.717, 1.165) is 16.1 Å². The molecule has 1 amide bonds. The molecular formula is C13H15N3OS. The van der Waals surface area contributed by atoms with E-state index >= 15 is 0 Å². The summed E-state index contributed by atoms with van der Waals surface area (Å²) in [6.45, 7) is 2.83. The monoisotopic (exact) mass is 261 g/mol. The lowest BCUT2D eigenvalue weighted by Crippen LogP contribution is -2.24. The molecule has 0 bridgehead atoms. The van der Waals surface area contributed by atoms with Gasteiger partial charge in [0.1, 0.15) is 5.69 Å². The van der Waals surface area contributed by atoms with Crippen LogP contribution in [0.1, 0.15) is 26.6 Å². The van der Waals surface area contributed by atoms with Gasteiger partial charge in [-0.05, 0) is 18.1 Å². The Morgan fingerprint density at radius 1 is 1.39 bits per heavy atom. The fourth-order valence-corrected chi connectivity index (χ4v) is 2.26. The highest BCUT2D eigenvalue weighted by Gasteiger charge is 2.09. The van der Waals surface area contributed by atoms with Gasteiger partial charge in [-0.2, -0.15) is 0 Å². The summed E-state index contributed by atoms with van der Waals surface area (Å²) in [4.78, 5) is 16.0. The van der Waals surface area contributed by atoms with Gasteiger partial charge in [-0.15, -0.1) is 11.3 Å². The van der Waals surface area contributed by atoms with Gasteiger partial charge in [0.25, 0.3) is 5.91 Å². The number of rotatable bonds is 4. The first-order chi connectivity index (χ1) is 8.70. The van der Waals surface area contributed by atoms with E-state index in [2.05, 4.69) is 10.3 Å².